The van der Waals surface area contributed by atoms with Gasteiger partial charge in [0.05, 0.1) is 0 Å². The molecule has 0 heterocycles. The van der Waals surface area contributed by atoms with Gasteiger partial charge >= 0.3 is 0 Å². The van der Waals surface area contributed by atoms with Gasteiger partial charge in [0.2, 0.25) is 0 Å². The van der Waals surface area contributed by atoms with Crippen LogP contribution in [0.3, 0.4) is 0 Å². The third kappa shape index (κ3) is 1.94. The van der Waals surface area contributed by atoms with Crippen LogP contribution in [0.4, 0.5) is 0 Å². The summed E-state index contributed by atoms with van der Waals surface area (Å²) >= 11 is 11.8. The molecule has 0 radical (unpaired) electrons. The molecule has 0 amide bonds. The van der Waals surface area contributed by atoms with Crippen molar-refractivity contribution in [2.24, 2.45) is 5.41 Å². The number of hydrogen-bond donors (Lipinski definition) is 0. The topological polar surface area (TPSA) is 17.1 Å². The van der Waals surface area contributed by atoms with E-state index in [1.807, 2.05) is 12.1 Å². The molecule has 2 rings (SSSR count). The van der Waals surface area contributed by atoms with Gasteiger partial charge in [0.25, 0.3) is 0 Å². The zero-order valence-electron chi connectivity index (χ0n) is 7.59. The lowest BCUT2D eigenvalue weighted by molar-refractivity contribution is -0.112. The third-order valence-electron chi connectivity index (χ3n) is 2.70. The van der Waals surface area contributed by atoms with E-state index in [4.69, 9.17) is 23.2 Å². The highest BCUT2D eigenvalue weighted by molar-refractivity contribution is 6.35. The van der Waals surface area contributed by atoms with Gasteiger partial charge in [0.1, 0.15) is 6.29 Å². The predicted molar refractivity (Wildman–Crippen MR) is 57.9 cm³/mol. The first-order chi connectivity index (χ1) is 6.65. The number of rotatable bonds is 3. The van der Waals surface area contributed by atoms with E-state index in [0.29, 0.717) is 10.0 Å². The van der Waals surface area contributed by atoms with E-state index in [1.165, 1.54) is 0 Å². The number of halogens is 2. The monoisotopic (exact) mass is 228 g/mol. The van der Waals surface area contributed by atoms with E-state index >= 15 is 0 Å². The molecular formula is C11H10Cl2O. The standard InChI is InChI=1S/C11H10Cl2O/c12-9-2-1-8(10(13)5-9)6-11(7-14)3-4-11/h1-2,5,7H,3-4,6H2. The molecule has 1 aromatic rings. The molecule has 1 aromatic carbocycles. The molecule has 0 spiro atoms. The van der Waals surface area contributed by atoms with Crippen LogP contribution < -0.4 is 0 Å². The Kier molecular flexibility index (Phi) is 2.54. The normalized spacial score (nSPS) is 17.9. The molecule has 1 nitrogen and oxygen atoms in total. The van der Waals surface area contributed by atoms with E-state index in [2.05, 4.69) is 0 Å². The Hall–Kier alpha value is -0.530. The van der Waals surface area contributed by atoms with Crippen molar-refractivity contribution < 1.29 is 4.79 Å². The van der Waals surface area contributed by atoms with Crippen molar-refractivity contribution in [1.82, 2.24) is 0 Å². The van der Waals surface area contributed by atoms with E-state index in [-0.39, 0.29) is 5.41 Å². The van der Waals surface area contributed by atoms with E-state index in [9.17, 15) is 4.79 Å². The molecule has 0 saturated heterocycles. The first-order valence-corrected chi connectivity index (χ1v) is 5.31. The Morgan fingerprint density at radius 2 is 2.07 bits per heavy atom. The fraction of sp³-hybridized carbons (Fsp3) is 0.364. The SMILES string of the molecule is O=CC1(Cc2ccc(Cl)cc2Cl)CC1. The molecule has 74 valence electrons. The maximum atomic E-state index is 10.8. The van der Waals surface area contributed by atoms with Gasteiger partial charge in [-0.25, -0.2) is 0 Å². The molecule has 3 heteroatoms. The molecule has 0 aromatic heterocycles. The first-order valence-electron chi connectivity index (χ1n) is 4.55. The molecule has 1 aliphatic carbocycles. The summed E-state index contributed by atoms with van der Waals surface area (Å²) < 4.78 is 0. The number of aldehydes is 1. The summed E-state index contributed by atoms with van der Waals surface area (Å²) in [5.41, 5.74) is 0.887. The largest absolute Gasteiger partial charge is 0.303 e. The van der Waals surface area contributed by atoms with Crippen molar-refractivity contribution in [2.45, 2.75) is 19.3 Å². The Morgan fingerprint density at radius 3 is 2.57 bits per heavy atom. The van der Waals surface area contributed by atoms with Crippen LogP contribution in [0, 0.1) is 5.41 Å². The van der Waals surface area contributed by atoms with E-state index in [1.54, 1.807) is 6.07 Å². The molecule has 1 saturated carbocycles. The second-order valence-corrected chi connectivity index (χ2v) is 4.74. The summed E-state index contributed by atoms with van der Waals surface area (Å²) in [5.74, 6) is 0. The van der Waals surface area contributed by atoms with Crippen molar-refractivity contribution in [3.63, 3.8) is 0 Å². The van der Waals surface area contributed by atoms with Crippen LogP contribution in [0.5, 0.6) is 0 Å². The second kappa shape index (κ2) is 3.56. The fourth-order valence-corrected chi connectivity index (χ4v) is 2.02. The molecule has 14 heavy (non-hydrogen) atoms. The fourth-order valence-electron chi connectivity index (χ4n) is 1.54. The van der Waals surface area contributed by atoms with Gasteiger partial charge in [-0.3, -0.25) is 0 Å². The average Bonchev–Trinajstić information content (AvgIpc) is 2.91. The summed E-state index contributed by atoms with van der Waals surface area (Å²) in [7, 11) is 0. The van der Waals surface area contributed by atoms with Crippen molar-refractivity contribution in [3.05, 3.63) is 33.8 Å². The van der Waals surface area contributed by atoms with Gasteiger partial charge in [0.15, 0.2) is 0 Å². The van der Waals surface area contributed by atoms with Crippen LogP contribution in [0.1, 0.15) is 18.4 Å². The molecule has 0 unspecified atom stereocenters. The molecule has 1 fully saturated rings. The minimum atomic E-state index is -0.128. The lowest BCUT2D eigenvalue weighted by atomic mass is 9.98. The van der Waals surface area contributed by atoms with E-state index < -0.39 is 0 Å². The Bertz CT molecular complexity index is 370. The lowest BCUT2D eigenvalue weighted by Gasteiger charge is -2.08. The van der Waals surface area contributed by atoms with Gasteiger partial charge in [-0.2, -0.15) is 0 Å². The summed E-state index contributed by atoms with van der Waals surface area (Å²) in [5, 5.41) is 1.29. The minimum Gasteiger partial charge on any atom is -0.303 e. The number of carbonyl (C=O) groups is 1. The highest BCUT2D eigenvalue weighted by atomic mass is 35.5. The summed E-state index contributed by atoms with van der Waals surface area (Å²) in [6.07, 6.45) is 3.76. The van der Waals surface area contributed by atoms with Gasteiger partial charge in [-0.05, 0) is 37.0 Å². The first kappa shape index (κ1) is 10.0. The highest BCUT2D eigenvalue weighted by Crippen LogP contribution is 2.47. The Morgan fingerprint density at radius 1 is 1.36 bits per heavy atom. The van der Waals surface area contributed by atoms with Gasteiger partial charge < -0.3 is 4.79 Å². The van der Waals surface area contributed by atoms with Gasteiger partial charge in [-0.1, -0.05) is 29.3 Å². The van der Waals surface area contributed by atoms with Crippen LogP contribution in [-0.2, 0) is 11.2 Å². The number of benzene rings is 1. The molecule has 0 atom stereocenters. The predicted octanol–water partition coefficient (Wildman–Crippen LogP) is 3.52. The molecule has 0 aliphatic heterocycles. The summed E-state index contributed by atoms with van der Waals surface area (Å²) in [6.45, 7) is 0. The number of carbonyl (C=O) groups excluding carboxylic acids is 1. The van der Waals surface area contributed by atoms with Crippen molar-refractivity contribution in [2.75, 3.05) is 0 Å². The van der Waals surface area contributed by atoms with E-state index in [0.717, 1.165) is 31.1 Å². The van der Waals surface area contributed by atoms with Crippen LogP contribution in [0.25, 0.3) is 0 Å². The lowest BCUT2D eigenvalue weighted by Crippen LogP contribution is -2.06. The van der Waals surface area contributed by atoms with Crippen molar-refractivity contribution in [3.8, 4) is 0 Å². The van der Waals surface area contributed by atoms with Gasteiger partial charge in [0, 0.05) is 15.5 Å². The summed E-state index contributed by atoms with van der Waals surface area (Å²) in [6, 6.07) is 5.43. The number of hydrogen-bond acceptors (Lipinski definition) is 1. The maximum absolute atomic E-state index is 10.8. The Labute approximate surface area is 93.0 Å². The molecule has 0 bridgehead atoms. The Balaban J connectivity index is 2.21. The highest BCUT2D eigenvalue weighted by Gasteiger charge is 2.42. The average molecular weight is 229 g/mol. The smallest absolute Gasteiger partial charge is 0.126 e. The maximum Gasteiger partial charge on any atom is 0.126 e. The van der Waals surface area contributed by atoms with Gasteiger partial charge in [-0.15, -0.1) is 0 Å². The molecule has 1 aliphatic rings. The molecule has 0 N–H and O–H groups in total. The van der Waals surface area contributed by atoms with Crippen molar-refractivity contribution in [1.29, 1.82) is 0 Å². The van der Waals surface area contributed by atoms with Crippen LogP contribution in [0.15, 0.2) is 18.2 Å². The van der Waals surface area contributed by atoms with Crippen molar-refractivity contribution >= 4 is 29.5 Å². The van der Waals surface area contributed by atoms with Crippen LogP contribution >= 0.6 is 23.2 Å². The van der Waals surface area contributed by atoms with Crippen LogP contribution in [0.2, 0.25) is 10.0 Å². The summed E-state index contributed by atoms with van der Waals surface area (Å²) in [4.78, 5) is 10.8. The quantitative estimate of drug-likeness (QED) is 0.724. The second-order valence-electron chi connectivity index (χ2n) is 3.89. The zero-order valence-corrected chi connectivity index (χ0v) is 9.11. The van der Waals surface area contributed by atoms with Crippen LogP contribution in [-0.4, -0.2) is 6.29 Å². The molecular weight excluding hydrogens is 219 g/mol. The third-order valence-corrected chi connectivity index (χ3v) is 3.29. The zero-order chi connectivity index (χ0) is 10.2. The minimum absolute atomic E-state index is 0.128.